The number of aromatic amines is 1. The molecule has 1 N–H and O–H groups in total. The molecule has 1 aliphatic rings. The summed E-state index contributed by atoms with van der Waals surface area (Å²) in [7, 11) is 0. The molecule has 190 valence electrons. The Balaban J connectivity index is 1.63. The number of para-hydroxylation sites is 1. The standard InChI is InChI=1S/C30H29FN2O4/c1-30(2,3)37-29(35)33-24(17-21-18-32-25-22(21)15-10-16-23(25)31)28(34)36-27(20-13-8-5-9-14-20)26(33)19-11-6-4-7-12-19/h4-16,18,24,26-27,32H,17H2,1-3H3/t24-,26-,27+/m1/s1. The molecule has 6 nitrogen and oxygen atoms in total. The lowest BCUT2D eigenvalue weighted by atomic mass is 9.90. The summed E-state index contributed by atoms with van der Waals surface area (Å²) in [5.41, 5.74) is 1.86. The van der Waals surface area contributed by atoms with Crippen molar-refractivity contribution in [1.29, 1.82) is 0 Å². The normalized spacial score (nSPS) is 20.1. The van der Waals surface area contributed by atoms with E-state index in [2.05, 4.69) is 4.98 Å². The Bertz CT molecular complexity index is 1410. The molecule has 1 saturated heterocycles. The first-order chi connectivity index (χ1) is 17.7. The molecular weight excluding hydrogens is 471 g/mol. The van der Waals surface area contributed by atoms with Crippen molar-refractivity contribution < 1.29 is 23.5 Å². The highest BCUT2D eigenvalue weighted by Crippen LogP contribution is 2.43. The van der Waals surface area contributed by atoms with Crippen molar-refractivity contribution in [3.05, 3.63) is 108 Å². The van der Waals surface area contributed by atoms with Crippen LogP contribution in [-0.2, 0) is 20.7 Å². The summed E-state index contributed by atoms with van der Waals surface area (Å²) >= 11 is 0. The molecule has 7 heteroatoms. The van der Waals surface area contributed by atoms with E-state index in [0.717, 1.165) is 11.1 Å². The van der Waals surface area contributed by atoms with Crippen LogP contribution in [0.15, 0.2) is 85.1 Å². The van der Waals surface area contributed by atoms with Crippen molar-refractivity contribution >= 4 is 23.0 Å². The van der Waals surface area contributed by atoms with Crippen molar-refractivity contribution in [3.63, 3.8) is 0 Å². The number of cyclic esters (lactones) is 1. The number of nitrogens with zero attached hydrogens (tertiary/aromatic N) is 1. The number of H-pyrrole nitrogens is 1. The van der Waals surface area contributed by atoms with Gasteiger partial charge < -0.3 is 14.5 Å². The van der Waals surface area contributed by atoms with E-state index in [-0.39, 0.29) is 12.2 Å². The number of hydrogen-bond donors (Lipinski definition) is 1. The molecule has 0 spiro atoms. The van der Waals surface area contributed by atoms with Gasteiger partial charge in [0.15, 0.2) is 6.10 Å². The van der Waals surface area contributed by atoms with Crippen LogP contribution < -0.4 is 0 Å². The van der Waals surface area contributed by atoms with Crippen LogP contribution in [0.4, 0.5) is 9.18 Å². The Morgan fingerprint density at radius 1 is 0.973 bits per heavy atom. The van der Waals surface area contributed by atoms with Crippen LogP contribution in [-0.4, -0.2) is 33.6 Å². The predicted octanol–water partition coefficient (Wildman–Crippen LogP) is 6.49. The summed E-state index contributed by atoms with van der Waals surface area (Å²) < 4.78 is 26.3. The number of benzene rings is 3. The largest absolute Gasteiger partial charge is 0.453 e. The van der Waals surface area contributed by atoms with Gasteiger partial charge in [0.2, 0.25) is 0 Å². The van der Waals surface area contributed by atoms with E-state index in [9.17, 15) is 14.0 Å². The number of aromatic nitrogens is 1. The van der Waals surface area contributed by atoms with E-state index in [0.29, 0.717) is 16.5 Å². The van der Waals surface area contributed by atoms with Gasteiger partial charge in [-0.3, -0.25) is 4.90 Å². The molecule has 1 amide bonds. The van der Waals surface area contributed by atoms with Crippen molar-refractivity contribution in [3.8, 4) is 0 Å². The zero-order valence-corrected chi connectivity index (χ0v) is 21.0. The highest BCUT2D eigenvalue weighted by molar-refractivity contribution is 5.87. The maximum atomic E-state index is 14.4. The van der Waals surface area contributed by atoms with Crippen LogP contribution in [0.1, 0.15) is 49.6 Å². The maximum Gasteiger partial charge on any atom is 0.411 e. The fourth-order valence-corrected chi connectivity index (χ4v) is 4.89. The summed E-state index contributed by atoms with van der Waals surface area (Å²) in [4.78, 5) is 31.9. The number of hydrogen-bond acceptors (Lipinski definition) is 4. The summed E-state index contributed by atoms with van der Waals surface area (Å²) in [5, 5.41) is 0.651. The molecule has 3 atom stereocenters. The van der Waals surface area contributed by atoms with E-state index in [1.807, 2.05) is 60.7 Å². The Hall–Kier alpha value is -4.13. The summed E-state index contributed by atoms with van der Waals surface area (Å²) in [6.07, 6.45) is 0.455. The van der Waals surface area contributed by atoms with Gasteiger partial charge in [0, 0.05) is 18.0 Å². The summed E-state index contributed by atoms with van der Waals surface area (Å²) in [6.45, 7) is 5.37. The Morgan fingerprint density at radius 3 is 2.27 bits per heavy atom. The molecule has 1 aliphatic heterocycles. The van der Waals surface area contributed by atoms with E-state index >= 15 is 0 Å². The van der Waals surface area contributed by atoms with Crippen molar-refractivity contribution in [2.45, 2.75) is 51.0 Å². The number of esters is 1. The van der Waals surface area contributed by atoms with Gasteiger partial charge in [-0.25, -0.2) is 14.0 Å². The first-order valence-electron chi connectivity index (χ1n) is 12.3. The van der Waals surface area contributed by atoms with Crippen LogP contribution in [0.25, 0.3) is 10.9 Å². The number of halogens is 1. The molecule has 0 radical (unpaired) electrons. The molecule has 3 aromatic carbocycles. The number of ether oxygens (including phenoxy) is 2. The number of carbonyl (C=O) groups excluding carboxylic acids is 2. The Labute approximate surface area is 215 Å². The molecule has 2 heterocycles. The van der Waals surface area contributed by atoms with Crippen molar-refractivity contribution in [2.75, 3.05) is 0 Å². The predicted molar refractivity (Wildman–Crippen MR) is 138 cm³/mol. The quantitative estimate of drug-likeness (QED) is 0.325. The second kappa shape index (κ2) is 9.73. The van der Waals surface area contributed by atoms with Crippen LogP contribution in [0.5, 0.6) is 0 Å². The third-order valence-electron chi connectivity index (χ3n) is 6.47. The van der Waals surface area contributed by atoms with E-state index < -0.39 is 35.9 Å². The van der Waals surface area contributed by atoms with E-state index in [1.54, 1.807) is 39.1 Å². The van der Waals surface area contributed by atoms with Gasteiger partial charge >= 0.3 is 12.1 Å². The van der Waals surface area contributed by atoms with Crippen LogP contribution >= 0.6 is 0 Å². The number of carbonyl (C=O) groups is 2. The third-order valence-corrected chi connectivity index (χ3v) is 6.47. The van der Waals surface area contributed by atoms with Crippen molar-refractivity contribution in [2.24, 2.45) is 0 Å². The Kier molecular flexibility index (Phi) is 6.46. The van der Waals surface area contributed by atoms with Crippen LogP contribution in [0.3, 0.4) is 0 Å². The molecule has 0 aliphatic carbocycles. The van der Waals surface area contributed by atoms with Crippen LogP contribution in [0.2, 0.25) is 0 Å². The van der Waals surface area contributed by atoms with Gasteiger partial charge in [0.25, 0.3) is 0 Å². The van der Waals surface area contributed by atoms with Gasteiger partial charge in [-0.1, -0.05) is 72.8 Å². The minimum absolute atomic E-state index is 0.131. The molecule has 1 aromatic heterocycles. The molecule has 0 unspecified atom stereocenters. The van der Waals surface area contributed by atoms with Gasteiger partial charge in [0.05, 0.1) is 5.52 Å². The average molecular weight is 501 g/mol. The number of morpholine rings is 1. The summed E-state index contributed by atoms with van der Waals surface area (Å²) in [6, 6.07) is 22.0. The van der Waals surface area contributed by atoms with E-state index in [4.69, 9.17) is 9.47 Å². The number of nitrogens with one attached hydrogen (secondary N) is 1. The number of amides is 1. The first-order valence-corrected chi connectivity index (χ1v) is 12.3. The van der Waals surface area contributed by atoms with Gasteiger partial charge in [-0.15, -0.1) is 0 Å². The molecule has 37 heavy (non-hydrogen) atoms. The minimum Gasteiger partial charge on any atom is -0.453 e. The van der Waals surface area contributed by atoms with Gasteiger partial charge in [0.1, 0.15) is 23.5 Å². The number of fused-ring (bicyclic) bond motifs is 1. The highest BCUT2D eigenvalue weighted by atomic mass is 19.1. The lowest BCUT2D eigenvalue weighted by molar-refractivity contribution is -0.174. The molecule has 1 fully saturated rings. The molecular formula is C30H29FN2O4. The fraction of sp³-hybridized carbons (Fsp3) is 0.267. The zero-order valence-electron chi connectivity index (χ0n) is 21.0. The summed E-state index contributed by atoms with van der Waals surface area (Å²) in [5.74, 6) is -0.928. The fourth-order valence-electron chi connectivity index (χ4n) is 4.89. The monoisotopic (exact) mass is 500 g/mol. The Morgan fingerprint density at radius 2 is 1.62 bits per heavy atom. The smallest absolute Gasteiger partial charge is 0.411 e. The maximum absolute atomic E-state index is 14.4. The lowest BCUT2D eigenvalue weighted by Crippen LogP contribution is -2.56. The van der Waals surface area contributed by atoms with Gasteiger partial charge in [-0.2, -0.15) is 0 Å². The average Bonchev–Trinajstić information content (AvgIpc) is 3.29. The van der Waals surface area contributed by atoms with E-state index in [1.165, 1.54) is 11.0 Å². The zero-order chi connectivity index (χ0) is 26.2. The molecule has 0 saturated carbocycles. The number of rotatable bonds is 4. The lowest BCUT2D eigenvalue weighted by Gasteiger charge is -2.45. The molecule has 0 bridgehead atoms. The second-order valence-corrected chi connectivity index (χ2v) is 10.2. The minimum atomic E-state index is -0.984. The molecule has 4 aromatic rings. The third kappa shape index (κ3) is 4.94. The second-order valence-electron chi connectivity index (χ2n) is 10.2. The first kappa shape index (κ1) is 24.6. The van der Waals surface area contributed by atoms with Crippen LogP contribution in [0, 0.1) is 5.82 Å². The highest BCUT2D eigenvalue weighted by Gasteiger charge is 2.49. The van der Waals surface area contributed by atoms with Gasteiger partial charge in [-0.05, 0) is 43.5 Å². The topological polar surface area (TPSA) is 71.6 Å². The molecule has 5 rings (SSSR count). The van der Waals surface area contributed by atoms with Crippen molar-refractivity contribution in [1.82, 2.24) is 9.88 Å². The SMILES string of the molecule is CC(C)(C)OC(=O)N1[C@H](Cc2c[nH]c3c(F)cccc23)C(=O)O[C@@H](c2ccccc2)[C@H]1c1ccccc1.